The number of hydrogen-bond donors (Lipinski definition) is 0. The number of rotatable bonds is 4. The summed E-state index contributed by atoms with van der Waals surface area (Å²) in [5.74, 6) is 0. The highest BCUT2D eigenvalue weighted by Gasteiger charge is 2.26. The summed E-state index contributed by atoms with van der Waals surface area (Å²) in [6, 6.07) is 0. The quantitative estimate of drug-likeness (QED) is 0.625. The van der Waals surface area contributed by atoms with Crippen molar-refractivity contribution >= 4 is 12.0 Å². The lowest BCUT2D eigenvalue weighted by atomic mass is 9.84. The van der Waals surface area contributed by atoms with Crippen LogP contribution in [0.1, 0.15) is 48.0 Å². The molecule has 0 aromatic rings. The maximum atomic E-state index is 5.68. The van der Waals surface area contributed by atoms with Gasteiger partial charge in [0.15, 0.2) is 0 Å². The Bertz CT molecular complexity index is 177. The number of allylic oxidation sites excluding steroid dienone is 1. The van der Waals surface area contributed by atoms with Crippen LogP contribution in [-0.4, -0.2) is 5.60 Å². The Kier molecular flexibility index (Phi) is 4.53. The lowest BCUT2D eigenvalue weighted by Gasteiger charge is -2.31. The molecule has 0 heterocycles. The molecule has 0 aliphatic rings. The summed E-state index contributed by atoms with van der Waals surface area (Å²) >= 11 is 1.38. The molecule has 0 aromatic carbocycles. The molecular formula is C11H22OS. The van der Waals surface area contributed by atoms with Gasteiger partial charge < -0.3 is 4.18 Å². The molecule has 0 aliphatic heterocycles. The predicted octanol–water partition coefficient (Wildman–Crippen LogP) is 4.40. The summed E-state index contributed by atoms with van der Waals surface area (Å²) in [6.45, 7) is 16.7. The Morgan fingerprint density at radius 3 is 2.00 bits per heavy atom. The van der Waals surface area contributed by atoms with Crippen molar-refractivity contribution in [2.75, 3.05) is 0 Å². The zero-order chi connectivity index (χ0) is 10.7. The van der Waals surface area contributed by atoms with E-state index < -0.39 is 0 Å². The minimum absolute atomic E-state index is 0.0815. The van der Waals surface area contributed by atoms with E-state index in [1.54, 1.807) is 0 Å². The highest BCUT2D eigenvalue weighted by Crippen LogP contribution is 2.33. The molecule has 0 saturated carbocycles. The van der Waals surface area contributed by atoms with Crippen LogP contribution in [0.25, 0.3) is 0 Å². The molecule has 78 valence electrons. The molecule has 0 rings (SSSR count). The third-order valence-electron chi connectivity index (χ3n) is 1.37. The van der Waals surface area contributed by atoms with Crippen molar-refractivity contribution in [2.24, 2.45) is 5.41 Å². The first kappa shape index (κ1) is 13.1. The van der Waals surface area contributed by atoms with Gasteiger partial charge >= 0.3 is 0 Å². The van der Waals surface area contributed by atoms with Gasteiger partial charge in [-0.25, -0.2) is 0 Å². The van der Waals surface area contributed by atoms with Gasteiger partial charge in [0.05, 0.1) is 5.60 Å². The molecule has 0 N–H and O–H groups in total. The smallest absolute Gasteiger partial charge is 0.0782 e. The first-order chi connectivity index (χ1) is 5.62. The maximum absolute atomic E-state index is 5.68. The first-order valence-corrected chi connectivity index (χ1v) is 5.38. The van der Waals surface area contributed by atoms with Crippen LogP contribution in [0.5, 0.6) is 0 Å². The monoisotopic (exact) mass is 202 g/mol. The van der Waals surface area contributed by atoms with Crippen LogP contribution in [0, 0.1) is 5.41 Å². The third kappa shape index (κ3) is 8.38. The van der Waals surface area contributed by atoms with Crippen LogP contribution in [0.3, 0.4) is 0 Å². The van der Waals surface area contributed by atoms with Gasteiger partial charge in [-0.3, -0.25) is 0 Å². The average Bonchev–Trinajstić information content (AvgIpc) is 1.78. The van der Waals surface area contributed by atoms with Crippen LogP contribution in [-0.2, 0) is 4.18 Å². The summed E-state index contributed by atoms with van der Waals surface area (Å²) in [5.41, 5.74) is 0.223. The van der Waals surface area contributed by atoms with E-state index in [9.17, 15) is 0 Å². The predicted molar refractivity (Wildman–Crippen MR) is 61.6 cm³/mol. The van der Waals surface area contributed by atoms with E-state index >= 15 is 0 Å². The normalized spacial score (nSPS) is 13.1. The van der Waals surface area contributed by atoms with E-state index in [-0.39, 0.29) is 5.60 Å². The standard InChI is InChI=1S/C11H22OS/c1-9(2)13-12-11(6,7)8-10(3,4)5/h1,8H2,2-7H3. The van der Waals surface area contributed by atoms with Crippen molar-refractivity contribution in [1.82, 2.24) is 0 Å². The fourth-order valence-corrected chi connectivity index (χ4v) is 1.92. The van der Waals surface area contributed by atoms with Gasteiger partial charge in [0.1, 0.15) is 0 Å². The Morgan fingerprint density at radius 2 is 1.69 bits per heavy atom. The van der Waals surface area contributed by atoms with Crippen molar-refractivity contribution in [3.63, 3.8) is 0 Å². The summed E-state index contributed by atoms with van der Waals surface area (Å²) < 4.78 is 5.68. The third-order valence-corrected chi connectivity index (χ3v) is 2.18. The van der Waals surface area contributed by atoms with Crippen molar-refractivity contribution < 1.29 is 4.18 Å². The SMILES string of the molecule is C=C(C)SOC(C)(C)CC(C)(C)C. The van der Waals surface area contributed by atoms with Crippen molar-refractivity contribution in [1.29, 1.82) is 0 Å². The second kappa shape index (κ2) is 4.52. The molecule has 0 unspecified atom stereocenters. The lowest BCUT2D eigenvalue weighted by molar-refractivity contribution is 0.0857. The van der Waals surface area contributed by atoms with Gasteiger partial charge in [-0.15, -0.1) is 0 Å². The van der Waals surface area contributed by atoms with Crippen LogP contribution >= 0.6 is 12.0 Å². The summed E-state index contributed by atoms with van der Waals surface area (Å²) in [5, 5.41) is 0. The van der Waals surface area contributed by atoms with Crippen molar-refractivity contribution in [3.8, 4) is 0 Å². The van der Waals surface area contributed by atoms with Gasteiger partial charge in [0.2, 0.25) is 0 Å². The molecule has 0 bridgehead atoms. The molecular weight excluding hydrogens is 180 g/mol. The Morgan fingerprint density at radius 1 is 1.23 bits per heavy atom. The molecule has 13 heavy (non-hydrogen) atoms. The first-order valence-electron chi connectivity index (χ1n) is 4.64. The molecule has 0 amide bonds. The highest BCUT2D eigenvalue weighted by molar-refractivity contribution is 7.98. The number of hydrogen-bond acceptors (Lipinski definition) is 2. The second-order valence-electron chi connectivity index (χ2n) is 5.37. The zero-order valence-corrected chi connectivity index (χ0v) is 10.5. The van der Waals surface area contributed by atoms with E-state index in [2.05, 4.69) is 41.2 Å². The summed E-state index contributed by atoms with van der Waals surface area (Å²) in [7, 11) is 0. The van der Waals surface area contributed by atoms with E-state index in [0.29, 0.717) is 5.41 Å². The molecule has 2 heteroatoms. The summed E-state index contributed by atoms with van der Waals surface area (Å²) in [6.07, 6.45) is 1.04. The fourth-order valence-electron chi connectivity index (χ4n) is 1.49. The Balaban J connectivity index is 4.01. The van der Waals surface area contributed by atoms with Crippen LogP contribution in [0.15, 0.2) is 11.5 Å². The lowest BCUT2D eigenvalue weighted by Crippen LogP contribution is -2.28. The van der Waals surface area contributed by atoms with Gasteiger partial charge in [-0.05, 0) is 32.6 Å². The van der Waals surface area contributed by atoms with Crippen molar-refractivity contribution in [2.45, 2.75) is 53.6 Å². The average molecular weight is 202 g/mol. The Labute approximate surface area is 87.1 Å². The second-order valence-corrected chi connectivity index (χ2v) is 6.40. The molecule has 0 atom stereocenters. The molecule has 0 saturated heterocycles. The minimum Gasteiger partial charge on any atom is -0.305 e. The van der Waals surface area contributed by atoms with E-state index in [1.165, 1.54) is 12.0 Å². The van der Waals surface area contributed by atoms with Gasteiger partial charge in [-0.1, -0.05) is 27.4 Å². The molecule has 0 radical (unpaired) electrons. The molecule has 1 nitrogen and oxygen atoms in total. The topological polar surface area (TPSA) is 9.23 Å². The van der Waals surface area contributed by atoms with E-state index in [4.69, 9.17) is 4.18 Å². The maximum Gasteiger partial charge on any atom is 0.0782 e. The Hall–Kier alpha value is 0.0500. The van der Waals surface area contributed by atoms with E-state index in [0.717, 1.165) is 11.3 Å². The van der Waals surface area contributed by atoms with Crippen LogP contribution in [0.2, 0.25) is 0 Å². The largest absolute Gasteiger partial charge is 0.305 e. The highest BCUT2D eigenvalue weighted by atomic mass is 32.2. The minimum atomic E-state index is -0.0815. The summed E-state index contributed by atoms with van der Waals surface area (Å²) in [4.78, 5) is 1.00. The zero-order valence-electron chi connectivity index (χ0n) is 9.73. The molecule has 0 aliphatic carbocycles. The van der Waals surface area contributed by atoms with Gasteiger partial charge in [-0.2, -0.15) is 0 Å². The molecule has 0 spiro atoms. The van der Waals surface area contributed by atoms with Gasteiger partial charge in [0, 0.05) is 16.9 Å². The van der Waals surface area contributed by atoms with Crippen LogP contribution < -0.4 is 0 Å². The van der Waals surface area contributed by atoms with E-state index in [1.807, 2.05) is 6.92 Å². The molecule has 0 aromatic heterocycles. The van der Waals surface area contributed by atoms with Gasteiger partial charge in [0.25, 0.3) is 0 Å². The fraction of sp³-hybridized carbons (Fsp3) is 0.818. The van der Waals surface area contributed by atoms with Crippen LogP contribution in [0.4, 0.5) is 0 Å². The van der Waals surface area contributed by atoms with Crippen molar-refractivity contribution in [3.05, 3.63) is 11.5 Å². The molecule has 0 fully saturated rings.